The number of benzene rings is 1. The molecule has 0 radical (unpaired) electrons. The fourth-order valence-electron chi connectivity index (χ4n) is 1.62. The number of hydrogen-bond acceptors (Lipinski definition) is 2. The van der Waals surface area contributed by atoms with Crippen LogP contribution in [0.2, 0.25) is 0 Å². The van der Waals surface area contributed by atoms with Gasteiger partial charge in [-0.1, -0.05) is 32.9 Å². The van der Waals surface area contributed by atoms with E-state index < -0.39 is 0 Å². The van der Waals surface area contributed by atoms with E-state index in [1.54, 1.807) is 12.7 Å². The molecule has 0 fully saturated rings. The maximum Gasteiger partial charge on any atom is 0.123 e. The lowest BCUT2D eigenvalue weighted by molar-refractivity contribution is 0.506. The fourth-order valence-corrected chi connectivity index (χ4v) is 1.62. The molecule has 1 heterocycles. The molecule has 0 spiro atoms. The highest BCUT2D eigenvalue weighted by Crippen LogP contribution is 2.27. The molecule has 0 aliphatic heterocycles. The van der Waals surface area contributed by atoms with Gasteiger partial charge in [0.2, 0.25) is 0 Å². The van der Waals surface area contributed by atoms with Crippen LogP contribution >= 0.6 is 0 Å². The Morgan fingerprint density at radius 3 is 2.12 bits per heavy atom. The Morgan fingerprint density at radius 1 is 1.06 bits per heavy atom. The van der Waals surface area contributed by atoms with Gasteiger partial charge in [0, 0.05) is 5.69 Å². The van der Waals surface area contributed by atoms with Crippen LogP contribution < -0.4 is 0 Å². The molecule has 1 aromatic heterocycles. The number of hydrogen-bond donors (Lipinski definition) is 0. The summed E-state index contributed by atoms with van der Waals surface area (Å²) < 4.78 is 1.91. The molecule has 3 nitrogen and oxygen atoms in total. The number of nitrogens with zero attached hydrogens (tertiary/aromatic N) is 3. The van der Waals surface area contributed by atoms with E-state index in [0.29, 0.717) is 0 Å². The van der Waals surface area contributed by atoms with E-state index in [2.05, 4.69) is 55.2 Å². The predicted octanol–water partition coefficient (Wildman–Crippen LogP) is 2.95. The van der Waals surface area contributed by atoms with Crippen LogP contribution in [-0.4, -0.2) is 14.8 Å². The fraction of sp³-hybridized carbons (Fsp3) is 0.385. The lowest BCUT2D eigenvalue weighted by Crippen LogP contribution is -2.15. The van der Waals surface area contributed by atoms with E-state index in [0.717, 1.165) is 12.1 Å². The topological polar surface area (TPSA) is 30.7 Å². The van der Waals surface area contributed by atoms with Gasteiger partial charge in [-0.2, -0.15) is 0 Å². The largest absolute Gasteiger partial charge is 0.288 e. The summed E-state index contributed by atoms with van der Waals surface area (Å²) in [4.78, 5) is 0. The second kappa shape index (κ2) is 4.08. The van der Waals surface area contributed by atoms with Gasteiger partial charge in [0.1, 0.15) is 12.7 Å². The third-order valence-electron chi connectivity index (χ3n) is 3.25. The average Bonchev–Trinajstić information content (AvgIpc) is 2.83. The van der Waals surface area contributed by atoms with Crippen LogP contribution in [-0.2, 0) is 5.41 Å². The van der Waals surface area contributed by atoms with Gasteiger partial charge in [-0.25, -0.2) is 0 Å². The Bertz CT molecular complexity index is 441. The SMILES string of the molecule is CCC(C)(C)c1ccc(-n2cnnc2)cc1. The van der Waals surface area contributed by atoms with Crippen molar-refractivity contribution in [3.05, 3.63) is 42.5 Å². The van der Waals surface area contributed by atoms with Crippen LogP contribution in [0.1, 0.15) is 32.8 Å². The minimum Gasteiger partial charge on any atom is -0.288 e. The van der Waals surface area contributed by atoms with Gasteiger partial charge < -0.3 is 0 Å². The zero-order chi connectivity index (χ0) is 11.6. The molecular formula is C13H17N3. The smallest absolute Gasteiger partial charge is 0.123 e. The van der Waals surface area contributed by atoms with E-state index in [1.165, 1.54) is 5.56 Å². The molecule has 3 heteroatoms. The highest BCUT2D eigenvalue weighted by molar-refractivity contribution is 5.36. The lowest BCUT2D eigenvalue weighted by atomic mass is 9.82. The summed E-state index contributed by atoms with van der Waals surface area (Å²) in [5.74, 6) is 0. The zero-order valence-corrected chi connectivity index (χ0v) is 10.0. The van der Waals surface area contributed by atoms with Crippen LogP contribution in [0.4, 0.5) is 0 Å². The van der Waals surface area contributed by atoms with Gasteiger partial charge >= 0.3 is 0 Å². The highest BCUT2D eigenvalue weighted by atomic mass is 15.2. The number of rotatable bonds is 3. The summed E-state index contributed by atoms with van der Waals surface area (Å²) in [6.07, 6.45) is 4.55. The molecule has 0 N–H and O–H groups in total. The second-order valence-electron chi connectivity index (χ2n) is 4.65. The predicted molar refractivity (Wildman–Crippen MR) is 64.7 cm³/mol. The van der Waals surface area contributed by atoms with Crippen molar-refractivity contribution in [2.45, 2.75) is 32.6 Å². The molecule has 0 bridgehead atoms. The summed E-state index contributed by atoms with van der Waals surface area (Å²) in [6, 6.07) is 8.57. The maximum atomic E-state index is 3.80. The van der Waals surface area contributed by atoms with Crippen molar-refractivity contribution < 1.29 is 0 Å². The van der Waals surface area contributed by atoms with Crippen LogP contribution in [0.25, 0.3) is 5.69 Å². The molecule has 0 aliphatic rings. The van der Waals surface area contributed by atoms with Gasteiger partial charge in [0.15, 0.2) is 0 Å². The molecule has 0 amide bonds. The molecule has 2 aromatic rings. The normalized spacial score (nSPS) is 11.7. The van der Waals surface area contributed by atoms with Gasteiger partial charge in [0.05, 0.1) is 0 Å². The number of aromatic nitrogens is 3. The average molecular weight is 215 g/mol. The van der Waals surface area contributed by atoms with Crippen molar-refractivity contribution in [3.8, 4) is 5.69 Å². The zero-order valence-electron chi connectivity index (χ0n) is 10.0. The molecule has 0 atom stereocenters. The van der Waals surface area contributed by atoms with E-state index in [1.807, 2.05) is 4.57 Å². The Morgan fingerprint density at radius 2 is 1.62 bits per heavy atom. The summed E-state index contributed by atoms with van der Waals surface area (Å²) in [5.41, 5.74) is 2.71. The maximum absolute atomic E-state index is 3.80. The van der Waals surface area contributed by atoms with Crippen molar-refractivity contribution in [2.24, 2.45) is 0 Å². The lowest BCUT2D eigenvalue weighted by Gasteiger charge is -2.23. The second-order valence-corrected chi connectivity index (χ2v) is 4.65. The quantitative estimate of drug-likeness (QED) is 0.788. The summed E-state index contributed by atoms with van der Waals surface area (Å²) >= 11 is 0. The van der Waals surface area contributed by atoms with Crippen molar-refractivity contribution in [1.29, 1.82) is 0 Å². The van der Waals surface area contributed by atoms with Crippen LogP contribution in [0.15, 0.2) is 36.9 Å². The van der Waals surface area contributed by atoms with Crippen LogP contribution in [0, 0.1) is 0 Å². The summed E-state index contributed by atoms with van der Waals surface area (Å²) in [6.45, 7) is 6.75. The molecule has 2 rings (SSSR count). The van der Waals surface area contributed by atoms with Crippen molar-refractivity contribution >= 4 is 0 Å². The molecule has 84 valence electrons. The van der Waals surface area contributed by atoms with E-state index in [-0.39, 0.29) is 5.41 Å². The first kappa shape index (κ1) is 10.9. The van der Waals surface area contributed by atoms with E-state index >= 15 is 0 Å². The monoisotopic (exact) mass is 215 g/mol. The van der Waals surface area contributed by atoms with Crippen molar-refractivity contribution in [2.75, 3.05) is 0 Å². The minimum absolute atomic E-state index is 0.242. The van der Waals surface area contributed by atoms with Gasteiger partial charge in [-0.05, 0) is 29.5 Å². The molecule has 0 saturated heterocycles. The van der Waals surface area contributed by atoms with Gasteiger partial charge in [-0.3, -0.25) is 4.57 Å². The third-order valence-corrected chi connectivity index (χ3v) is 3.25. The minimum atomic E-state index is 0.242. The molecule has 16 heavy (non-hydrogen) atoms. The van der Waals surface area contributed by atoms with Crippen LogP contribution in [0.5, 0.6) is 0 Å². The van der Waals surface area contributed by atoms with Gasteiger partial charge in [0.25, 0.3) is 0 Å². The molecule has 1 aromatic carbocycles. The molecule has 0 unspecified atom stereocenters. The Balaban J connectivity index is 2.30. The first-order valence-corrected chi connectivity index (χ1v) is 5.59. The third kappa shape index (κ3) is 1.98. The van der Waals surface area contributed by atoms with E-state index in [9.17, 15) is 0 Å². The van der Waals surface area contributed by atoms with Crippen LogP contribution in [0.3, 0.4) is 0 Å². The first-order chi connectivity index (χ1) is 7.63. The Labute approximate surface area is 96.1 Å². The highest BCUT2D eigenvalue weighted by Gasteiger charge is 2.17. The van der Waals surface area contributed by atoms with Gasteiger partial charge in [-0.15, -0.1) is 10.2 Å². The Kier molecular flexibility index (Phi) is 2.77. The summed E-state index contributed by atoms with van der Waals surface area (Å²) in [7, 11) is 0. The molecule has 0 saturated carbocycles. The molecular weight excluding hydrogens is 198 g/mol. The first-order valence-electron chi connectivity index (χ1n) is 5.59. The summed E-state index contributed by atoms with van der Waals surface area (Å²) in [5, 5.41) is 7.60. The standard InChI is InChI=1S/C13H17N3/c1-4-13(2,3)11-5-7-12(8-6-11)16-9-14-15-10-16/h5-10H,4H2,1-3H3. The molecule has 0 aliphatic carbocycles. The van der Waals surface area contributed by atoms with Crippen molar-refractivity contribution in [1.82, 2.24) is 14.8 Å². The van der Waals surface area contributed by atoms with E-state index in [4.69, 9.17) is 0 Å². The van der Waals surface area contributed by atoms with Crippen molar-refractivity contribution in [3.63, 3.8) is 0 Å². The Hall–Kier alpha value is -1.64.